The SMILES string of the molecule is CC(C)n1nccc1NC(=O)Cn1cccc1C(=O)O. The fraction of sp³-hybridized carbons (Fsp3) is 0.308. The molecule has 0 aliphatic heterocycles. The van der Waals surface area contributed by atoms with Gasteiger partial charge in [0.2, 0.25) is 5.91 Å². The van der Waals surface area contributed by atoms with E-state index in [-0.39, 0.29) is 24.2 Å². The summed E-state index contributed by atoms with van der Waals surface area (Å²) in [6.07, 6.45) is 3.16. The molecule has 7 nitrogen and oxygen atoms in total. The highest BCUT2D eigenvalue weighted by molar-refractivity contribution is 5.91. The molecule has 0 fully saturated rings. The van der Waals surface area contributed by atoms with Crippen molar-refractivity contribution in [2.75, 3.05) is 5.32 Å². The Labute approximate surface area is 115 Å². The van der Waals surface area contributed by atoms with Gasteiger partial charge in [-0.3, -0.25) is 4.79 Å². The number of carbonyl (C=O) groups excluding carboxylic acids is 1. The number of carbonyl (C=O) groups is 2. The van der Waals surface area contributed by atoms with E-state index in [1.54, 1.807) is 29.2 Å². The molecule has 2 heterocycles. The molecule has 7 heteroatoms. The summed E-state index contributed by atoms with van der Waals surface area (Å²) in [5, 5.41) is 15.8. The van der Waals surface area contributed by atoms with Crippen LogP contribution in [0.1, 0.15) is 30.4 Å². The third kappa shape index (κ3) is 2.87. The van der Waals surface area contributed by atoms with Gasteiger partial charge in [0, 0.05) is 18.3 Å². The van der Waals surface area contributed by atoms with Gasteiger partial charge < -0.3 is 15.0 Å². The molecule has 0 atom stereocenters. The molecular formula is C13H16N4O3. The van der Waals surface area contributed by atoms with E-state index in [1.807, 2.05) is 13.8 Å². The number of nitrogens with zero attached hydrogens (tertiary/aromatic N) is 3. The monoisotopic (exact) mass is 276 g/mol. The summed E-state index contributed by atoms with van der Waals surface area (Å²) in [6.45, 7) is 3.85. The molecule has 0 aromatic carbocycles. The summed E-state index contributed by atoms with van der Waals surface area (Å²) < 4.78 is 3.07. The lowest BCUT2D eigenvalue weighted by atomic mass is 10.4. The predicted molar refractivity (Wildman–Crippen MR) is 72.6 cm³/mol. The van der Waals surface area contributed by atoms with Crippen molar-refractivity contribution in [2.45, 2.75) is 26.4 Å². The Morgan fingerprint density at radius 2 is 2.15 bits per heavy atom. The average Bonchev–Trinajstić information content (AvgIpc) is 2.97. The normalized spacial score (nSPS) is 10.8. The number of amides is 1. The number of aromatic nitrogens is 3. The second-order valence-electron chi connectivity index (χ2n) is 4.63. The summed E-state index contributed by atoms with van der Waals surface area (Å²) in [5.41, 5.74) is 0.0810. The van der Waals surface area contributed by atoms with Gasteiger partial charge in [-0.05, 0) is 26.0 Å². The van der Waals surface area contributed by atoms with Gasteiger partial charge in [-0.2, -0.15) is 5.10 Å². The Morgan fingerprint density at radius 1 is 1.40 bits per heavy atom. The predicted octanol–water partition coefficient (Wildman–Crippen LogP) is 1.60. The first-order valence-electron chi connectivity index (χ1n) is 6.21. The zero-order chi connectivity index (χ0) is 14.7. The van der Waals surface area contributed by atoms with E-state index in [0.29, 0.717) is 5.82 Å². The molecule has 2 aromatic rings. The van der Waals surface area contributed by atoms with Crippen LogP contribution in [0.5, 0.6) is 0 Å². The van der Waals surface area contributed by atoms with Gasteiger partial charge in [-0.25, -0.2) is 9.48 Å². The summed E-state index contributed by atoms with van der Waals surface area (Å²) in [5.74, 6) is -0.768. The molecule has 0 aliphatic carbocycles. The molecule has 0 aliphatic rings. The molecule has 1 amide bonds. The maximum atomic E-state index is 12.0. The first-order valence-corrected chi connectivity index (χ1v) is 6.21. The van der Waals surface area contributed by atoms with E-state index in [2.05, 4.69) is 10.4 Å². The second kappa shape index (κ2) is 5.60. The molecule has 0 saturated heterocycles. The van der Waals surface area contributed by atoms with Crippen LogP contribution in [0.15, 0.2) is 30.6 Å². The van der Waals surface area contributed by atoms with Crippen LogP contribution in [0.3, 0.4) is 0 Å². The van der Waals surface area contributed by atoms with Crippen LogP contribution >= 0.6 is 0 Å². The van der Waals surface area contributed by atoms with Crippen LogP contribution in [0.4, 0.5) is 5.82 Å². The first kappa shape index (κ1) is 13.9. The minimum absolute atomic E-state index is 0.0576. The van der Waals surface area contributed by atoms with Crippen LogP contribution in [0.25, 0.3) is 0 Å². The highest BCUT2D eigenvalue weighted by Gasteiger charge is 2.13. The minimum Gasteiger partial charge on any atom is -0.477 e. The number of anilines is 1. The standard InChI is InChI=1S/C13H16N4O3/c1-9(2)17-11(5-6-14-17)15-12(18)8-16-7-3-4-10(16)13(19)20/h3-7,9H,8H2,1-2H3,(H,15,18)(H,19,20). The van der Waals surface area contributed by atoms with Gasteiger partial charge in [-0.15, -0.1) is 0 Å². The Kier molecular flexibility index (Phi) is 3.88. The third-order valence-electron chi connectivity index (χ3n) is 2.79. The number of nitrogens with one attached hydrogen (secondary N) is 1. The first-order chi connectivity index (χ1) is 9.49. The molecule has 0 saturated carbocycles. The highest BCUT2D eigenvalue weighted by atomic mass is 16.4. The molecule has 2 rings (SSSR count). The number of carboxylic acid groups (broad SMARTS) is 1. The minimum atomic E-state index is -1.06. The van der Waals surface area contributed by atoms with Crippen molar-refractivity contribution in [1.82, 2.24) is 14.3 Å². The van der Waals surface area contributed by atoms with E-state index in [9.17, 15) is 9.59 Å². The Morgan fingerprint density at radius 3 is 2.80 bits per heavy atom. The molecule has 0 bridgehead atoms. The molecule has 20 heavy (non-hydrogen) atoms. The van der Waals surface area contributed by atoms with Gasteiger partial charge in [0.1, 0.15) is 18.1 Å². The van der Waals surface area contributed by atoms with E-state index in [4.69, 9.17) is 5.11 Å². The summed E-state index contributed by atoms with van der Waals surface area (Å²) in [7, 11) is 0. The lowest BCUT2D eigenvalue weighted by molar-refractivity contribution is -0.116. The largest absolute Gasteiger partial charge is 0.477 e. The highest BCUT2D eigenvalue weighted by Crippen LogP contribution is 2.13. The molecule has 2 N–H and O–H groups in total. The van der Waals surface area contributed by atoms with Crippen molar-refractivity contribution < 1.29 is 14.7 Å². The Balaban J connectivity index is 2.07. The van der Waals surface area contributed by atoms with E-state index in [0.717, 1.165) is 0 Å². The zero-order valence-corrected chi connectivity index (χ0v) is 11.3. The van der Waals surface area contributed by atoms with E-state index >= 15 is 0 Å². The number of carboxylic acids is 1. The number of rotatable bonds is 5. The van der Waals surface area contributed by atoms with Crippen LogP contribution in [0, 0.1) is 0 Å². The topological polar surface area (TPSA) is 89.2 Å². The zero-order valence-electron chi connectivity index (χ0n) is 11.3. The van der Waals surface area contributed by atoms with Gasteiger partial charge in [-0.1, -0.05) is 0 Å². The summed E-state index contributed by atoms with van der Waals surface area (Å²) >= 11 is 0. The van der Waals surface area contributed by atoms with Gasteiger partial charge in [0.15, 0.2) is 0 Å². The third-order valence-corrected chi connectivity index (χ3v) is 2.79. The van der Waals surface area contributed by atoms with Gasteiger partial charge in [0.05, 0.1) is 6.20 Å². The smallest absolute Gasteiger partial charge is 0.352 e. The average molecular weight is 276 g/mol. The number of hydrogen-bond donors (Lipinski definition) is 2. The molecule has 2 aromatic heterocycles. The molecule has 106 valence electrons. The second-order valence-corrected chi connectivity index (χ2v) is 4.63. The fourth-order valence-electron chi connectivity index (χ4n) is 1.91. The van der Waals surface area contributed by atoms with Crippen molar-refractivity contribution in [3.05, 3.63) is 36.3 Å². The molecule has 0 spiro atoms. The molecule has 0 radical (unpaired) electrons. The van der Waals surface area contributed by atoms with Gasteiger partial charge in [0.25, 0.3) is 0 Å². The molecule has 0 unspecified atom stereocenters. The quantitative estimate of drug-likeness (QED) is 0.868. The van der Waals surface area contributed by atoms with Crippen molar-refractivity contribution in [3.8, 4) is 0 Å². The number of hydrogen-bond acceptors (Lipinski definition) is 3. The van der Waals surface area contributed by atoms with Crippen molar-refractivity contribution in [3.63, 3.8) is 0 Å². The molecular weight excluding hydrogens is 260 g/mol. The van der Waals surface area contributed by atoms with Crippen molar-refractivity contribution in [2.24, 2.45) is 0 Å². The van der Waals surface area contributed by atoms with Crippen molar-refractivity contribution >= 4 is 17.7 Å². The van der Waals surface area contributed by atoms with E-state index in [1.165, 1.54) is 10.6 Å². The summed E-state index contributed by atoms with van der Waals surface area (Å²) in [6, 6.07) is 4.87. The van der Waals surface area contributed by atoms with Crippen molar-refractivity contribution in [1.29, 1.82) is 0 Å². The lowest BCUT2D eigenvalue weighted by Gasteiger charge is -2.12. The summed E-state index contributed by atoms with van der Waals surface area (Å²) in [4.78, 5) is 22.9. The van der Waals surface area contributed by atoms with E-state index < -0.39 is 5.97 Å². The van der Waals surface area contributed by atoms with Gasteiger partial charge >= 0.3 is 5.97 Å². The van der Waals surface area contributed by atoms with Crippen LogP contribution in [-0.4, -0.2) is 31.3 Å². The lowest BCUT2D eigenvalue weighted by Crippen LogP contribution is -2.22. The fourth-order valence-corrected chi connectivity index (χ4v) is 1.91. The van der Waals surface area contributed by atoms with Crippen LogP contribution in [-0.2, 0) is 11.3 Å². The Hall–Kier alpha value is -2.57. The van der Waals surface area contributed by atoms with Crippen LogP contribution < -0.4 is 5.32 Å². The maximum absolute atomic E-state index is 12.0. The maximum Gasteiger partial charge on any atom is 0.352 e. The van der Waals surface area contributed by atoms with Crippen LogP contribution in [0.2, 0.25) is 0 Å². The number of aromatic carboxylic acids is 1. The Bertz CT molecular complexity index is 627.